The Hall–Kier alpha value is -1.51. The third-order valence-corrected chi connectivity index (χ3v) is 5.29. The number of rotatable bonds is 3. The minimum absolute atomic E-state index is 0.0741. The second-order valence-corrected chi connectivity index (χ2v) is 6.59. The molecule has 0 radical (unpaired) electrons. The molecule has 1 heterocycles. The van der Waals surface area contributed by atoms with Crippen LogP contribution in [0.25, 0.3) is 10.9 Å². The Labute approximate surface area is 144 Å². The Morgan fingerprint density at radius 2 is 2.17 bits per heavy atom. The Morgan fingerprint density at radius 1 is 1.52 bits per heavy atom. The van der Waals surface area contributed by atoms with Crippen molar-refractivity contribution >= 4 is 39.5 Å². The van der Waals surface area contributed by atoms with E-state index in [1.165, 1.54) is 6.20 Å². The first-order valence-electron chi connectivity index (χ1n) is 7.21. The summed E-state index contributed by atoms with van der Waals surface area (Å²) in [5.41, 5.74) is 0.244. The van der Waals surface area contributed by atoms with Crippen molar-refractivity contribution in [2.75, 3.05) is 6.61 Å². The van der Waals surface area contributed by atoms with E-state index in [1.54, 1.807) is 18.4 Å². The maximum absolute atomic E-state index is 14.0. The summed E-state index contributed by atoms with van der Waals surface area (Å²) < 4.78 is 34.5. The Balaban J connectivity index is 2.38. The van der Waals surface area contributed by atoms with Crippen LogP contribution in [0.5, 0.6) is 0 Å². The minimum Gasteiger partial charge on any atom is -0.462 e. The van der Waals surface area contributed by atoms with Crippen LogP contribution < -0.4 is 5.43 Å². The number of esters is 1. The first-order valence-corrected chi connectivity index (χ1v) is 8.29. The maximum Gasteiger partial charge on any atom is 0.343 e. The summed E-state index contributed by atoms with van der Waals surface area (Å²) in [7, 11) is 0. The number of pyridine rings is 1. The van der Waals surface area contributed by atoms with Crippen molar-refractivity contribution in [3.8, 4) is 0 Å². The molecule has 0 N–H and O–H groups in total. The Morgan fingerprint density at radius 3 is 2.74 bits per heavy atom. The van der Waals surface area contributed by atoms with Crippen molar-refractivity contribution in [3.63, 3.8) is 0 Å². The number of aryl methyl sites for hydroxylation is 1. The second-order valence-electron chi connectivity index (χ2n) is 5.51. The smallest absolute Gasteiger partial charge is 0.343 e. The molecule has 122 valence electrons. The van der Waals surface area contributed by atoms with Crippen molar-refractivity contribution in [3.05, 3.63) is 43.0 Å². The molecule has 7 heteroatoms. The highest BCUT2D eigenvalue weighted by Gasteiger charge is 2.40. The van der Waals surface area contributed by atoms with Crippen LogP contribution in [0.4, 0.5) is 8.78 Å². The van der Waals surface area contributed by atoms with Crippen molar-refractivity contribution < 1.29 is 18.3 Å². The number of hydrogen-bond acceptors (Lipinski definition) is 3. The lowest BCUT2D eigenvalue weighted by molar-refractivity contribution is 0.0524. The lowest BCUT2D eigenvalue weighted by atomic mass is 10.1. The SMILES string of the molecule is CCOC(=O)c1cn([C@@H]2C[C@@H]2F)c2c(C)c(I)c(F)cc2c1=O. The van der Waals surface area contributed by atoms with Gasteiger partial charge in [0.15, 0.2) is 0 Å². The molecule has 1 fully saturated rings. The van der Waals surface area contributed by atoms with Gasteiger partial charge in [-0.1, -0.05) is 0 Å². The second kappa shape index (κ2) is 5.85. The predicted molar refractivity (Wildman–Crippen MR) is 90.1 cm³/mol. The molecule has 0 spiro atoms. The van der Waals surface area contributed by atoms with Crippen LogP contribution in [0.1, 0.15) is 35.3 Å². The van der Waals surface area contributed by atoms with Gasteiger partial charge in [0.05, 0.1) is 21.7 Å². The van der Waals surface area contributed by atoms with E-state index < -0.39 is 29.4 Å². The topological polar surface area (TPSA) is 48.3 Å². The molecule has 3 rings (SSSR count). The molecule has 0 saturated heterocycles. The summed E-state index contributed by atoms with van der Waals surface area (Å²) in [6.45, 7) is 3.43. The van der Waals surface area contributed by atoms with Crippen molar-refractivity contribution in [2.45, 2.75) is 32.5 Å². The molecule has 1 saturated carbocycles. The molecule has 23 heavy (non-hydrogen) atoms. The Kier molecular flexibility index (Phi) is 4.16. The molecular formula is C16H14F2INO3. The number of halogens is 3. The molecule has 1 aromatic heterocycles. The van der Waals surface area contributed by atoms with E-state index in [9.17, 15) is 18.4 Å². The van der Waals surface area contributed by atoms with Gasteiger partial charge in [0, 0.05) is 18.0 Å². The molecule has 2 atom stereocenters. The summed E-state index contributed by atoms with van der Waals surface area (Å²) in [6.07, 6.45) is 0.625. The van der Waals surface area contributed by atoms with E-state index >= 15 is 0 Å². The lowest BCUT2D eigenvalue weighted by Crippen LogP contribution is -2.22. The van der Waals surface area contributed by atoms with Gasteiger partial charge >= 0.3 is 5.97 Å². The Bertz CT molecular complexity index is 878. The van der Waals surface area contributed by atoms with E-state index in [0.717, 1.165) is 6.07 Å². The number of benzene rings is 1. The van der Waals surface area contributed by atoms with E-state index in [1.807, 2.05) is 22.6 Å². The summed E-state index contributed by atoms with van der Waals surface area (Å²) in [5.74, 6) is -1.31. The first-order chi connectivity index (χ1) is 10.9. The van der Waals surface area contributed by atoms with E-state index in [0.29, 0.717) is 21.1 Å². The van der Waals surface area contributed by atoms with Gasteiger partial charge in [-0.05, 0) is 48.1 Å². The van der Waals surface area contributed by atoms with E-state index in [2.05, 4.69) is 0 Å². The van der Waals surface area contributed by atoms with Crippen molar-refractivity contribution in [1.29, 1.82) is 0 Å². The average Bonchev–Trinajstić information content (AvgIpc) is 3.23. The third kappa shape index (κ3) is 2.64. The third-order valence-electron chi connectivity index (χ3n) is 3.97. The number of carbonyl (C=O) groups is 1. The molecule has 0 amide bonds. The van der Waals surface area contributed by atoms with Gasteiger partial charge in [-0.2, -0.15) is 0 Å². The highest BCUT2D eigenvalue weighted by atomic mass is 127. The number of alkyl halides is 1. The van der Waals surface area contributed by atoms with Crippen LogP contribution in [-0.4, -0.2) is 23.3 Å². The number of hydrogen-bond donors (Lipinski definition) is 0. The van der Waals surface area contributed by atoms with Gasteiger partial charge in [-0.25, -0.2) is 13.6 Å². The zero-order chi connectivity index (χ0) is 16.9. The van der Waals surface area contributed by atoms with Crippen molar-refractivity contribution in [1.82, 2.24) is 4.57 Å². The van der Waals surface area contributed by atoms with Gasteiger partial charge in [-0.15, -0.1) is 0 Å². The fraction of sp³-hybridized carbons (Fsp3) is 0.375. The van der Waals surface area contributed by atoms with Gasteiger partial charge in [0.25, 0.3) is 0 Å². The highest BCUT2D eigenvalue weighted by molar-refractivity contribution is 14.1. The molecule has 1 aliphatic carbocycles. The lowest BCUT2D eigenvalue weighted by Gasteiger charge is -2.15. The molecule has 0 bridgehead atoms. The van der Waals surface area contributed by atoms with Gasteiger partial charge in [-0.3, -0.25) is 4.79 Å². The molecule has 2 aromatic rings. The summed E-state index contributed by atoms with van der Waals surface area (Å²) in [5, 5.41) is 0.0741. The minimum atomic E-state index is -1.03. The first kappa shape index (κ1) is 16.4. The standard InChI is InChI=1S/C16H14F2INO3/c1-3-23-16(22)9-6-20(12-5-10(12)17)14-7(2)13(19)11(18)4-8(14)15(9)21/h4,6,10,12H,3,5H2,1-2H3/t10-,12+/m0/s1. The molecular weight excluding hydrogens is 419 g/mol. The predicted octanol–water partition coefficient (Wildman–Crippen LogP) is 3.51. The summed E-state index contributed by atoms with van der Waals surface area (Å²) in [6, 6.07) is 0.674. The molecule has 1 aromatic carbocycles. The number of aromatic nitrogens is 1. The number of ether oxygens (including phenoxy) is 1. The highest BCUT2D eigenvalue weighted by Crippen LogP contribution is 2.41. The fourth-order valence-electron chi connectivity index (χ4n) is 2.71. The molecule has 1 aliphatic rings. The normalized spacial score (nSPS) is 19.9. The largest absolute Gasteiger partial charge is 0.462 e. The number of nitrogens with zero attached hydrogens (tertiary/aromatic N) is 1. The summed E-state index contributed by atoms with van der Waals surface area (Å²) in [4.78, 5) is 24.6. The monoisotopic (exact) mass is 433 g/mol. The maximum atomic E-state index is 14.0. The van der Waals surface area contributed by atoms with Crippen molar-refractivity contribution in [2.24, 2.45) is 0 Å². The van der Waals surface area contributed by atoms with Gasteiger partial charge in [0.1, 0.15) is 17.6 Å². The van der Waals surface area contributed by atoms with Crippen LogP contribution >= 0.6 is 22.6 Å². The van der Waals surface area contributed by atoms with Gasteiger partial charge in [0.2, 0.25) is 5.43 Å². The zero-order valence-electron chi connectivity index (χ0n) is 12.5. The van der Waals surface area contributed by atoms with Crippen LogP contribution in [0.15, 0.2) is 17.1 Å². The van der Waals surface area contributed by atoms with Crippen LogP contribution in [-0.2, 0) is 4.74 Å². The number of carbonyl (C=O) groups excluding carboxylic acids is 1. The molecule has 0 aliphatic heterocycles. The summed E-state index contributed by atoms with van der Waals surface area (Å²) >= 11 is 1.85. The molecule has 0 unspecified atom stereocenters. The van der Waals surface area contributed by atoms with E-state index in [4.69, 9.17) is 4.74 Å². The fourth-order valence-corrected chi connectivity index (χ4v) is 3.12. The number of fused-ring (bicyclic) bond motifs is 1. The quantitative estimate of drug-likeness (QED) is 0.550. The van der Waals surface area contributed by atoms with Crippen LogP contribution in [0.2, 0.25) is 0 Å². The van der Waals surface area contributed by atoms with Gasteiger partial charge < -0.3 is 9.30 Å². The van der Waals surface area contributed by atoms with Crippen LogP contribution in [0.3, 0.4) is 0 Å². The average molecular weight is 433 g/mol. The van der Waals surface area contributed by atoms with Crippen LogP contribution in [0, 0.1) is 16.3 Å². The van der Waals surface area contributed by atoms with E-state index in [-0.39, 0.29) is 17.6 Å². The zero-order valence-corrected chi connectivity index (χ0v) is 14.7. The molecule has 4 nitrogen and oxygen atoms in total.